The molecule has 0 aliphatic carbocycles. The molecule has 0 saturated heterocycles. The van der Waals surface area contributed by atoms with Crippen molar-refractivity contribution in [1.82, 2.24) is 19.9 Å². The molecule has 4 nitrogen and oxygen atoms in total. The molecule has 20 heavy (non-hydrogen) atoms. The van der Waals surface area contributed by atoms with Gasteiger partial charge in [-0.2, -0.15) is 0 Å². The van der Waals surface area contributed by atoms with Crippen LogP contribution in [0.25, 0.3) is 0 Å². The number of hydrogen-bond donors (Lipinski definition) is 1. The number of aryl methyl sites for hydroxylation is 2. The van der Waals surface area contributed by atoms with Gasteiger partial charge in [-0.15, -0.1) is 11.3 Å². The number of hydrogen-bond acceptors (Lipinski definition) is 4. The lowest BCUT2D eigenvalue weighted by molar-refractivity contribution is 0.506. The third-order valence-electron chi connectivity index (χ3n) is 3.39. The molecule has 0 bridgehead atoms. The summed E-state index contributed by atoms with van der Waals surface area (Å²) in [4.78, 5) is 10.3. The fourth-order valence-corrected chi connectivity index (χ4v) is 3.26. The highest BCUT2D eigenvalue weighted by molar-refractivity contribution is 7.09. The van der Waals surface area contributed by atoms with Gasteiger partial charge in [0.15, 0.2) is 0 Å². The molecule has 0 aromatic carbocycles. The SMILES string of the molecule is CCCNC(Cc1nccn1CCC)c1scnc1C. The first-order valence-electron chi connectivity index (χ1n) is 7.39. The number of nitrogens with zero attached hydrogens (tertiary/aromatic N) is 3. The van der Waals surface area contributed by atoms with Crippen molar-refractivity contribution in [2.45, 2.75) is 52.6 Å². The van der Waals surface area contributed by atoms with Crippen molar-refractivity contribution >= 4 is 11.3 Å². The molecule has 2 aromatic rings. The van der Waals surface area contributed by atoms with Gasteiger partial charge in [0.25, 0.3) is 0 Å². The molecule has 0 radical (unpaired) electrons. The maximum atomic E-state index is 4.53. The zero-order valence-electron chi connectivity index (χ0n) is 12.6. The summed E-state index contributed by atoms with van der Waals surface area (Å²) in [5, 5.41) is 3.64. The van der Waals surface area contributed by atoms with Gasteiger partial charge in [0.1, 0.15) is 5.82 Å². The summed E-state index contributed by atoms with van der Waals surface area (Å²) in [5.74, 6) is 1.16. The zero-order valence-corrected chi connectivity index (χ0v) is 13.4. The highest BCUT2D eigenvalue weighted by Gasteiger charge is 2.18. The van der Waals surface area contributed by atoms with E-state index in [1.54, 1.807) is 11.3 Å². The Hall–Kier alpha value is -1.20. The van der Waals surface area contributed by atoms with E-state index in [9.17, 15) is 0 Å². The molecule has 110 valence electrons. The Morgan fingerprint density at radius 1 is 1.30 bits per heavy atom. The molecule has 0 amide bonds. The first-order valence-corrected chi connectivity index (χ1v) is 8.27. The Labute approximate surface area is 125 Å². The molecule has 2 heterocycles. The summed E-state index contributed by atoms with van der Waals surface area (Å²) in [5.41, 5.74) is 3.07. The van der Waals surface area contributed by atoms with Crippen LogP contribution in [-0.4, -0.2) is 21.1 Å². The van der Waals surface area contributed by atoms with E-state index >= 15 is 0 Å². The summed E-state index contributed by atoms with van der Waals surface area (Å²) in [6.45, 7) is 8.55. The molecule has 2 rings (SSSR count). The van der Waals surface area contributed by atoms with Gasteiger partial charge in [-0.25, -0.2) is 9.97 Å². The van der Waals surface area contributed by atoms with E-state index in [2.05, 4.69) is 46.8 Å². The Morgan fingerprint density at radius 3 is 2.80 bits per heavy atom. The van der Waals surface area contributed by atoms with Gasteiger partial charge in [-0.1, -0.05) is 13.8 Å². The second kappa shape index (κ2) is 7.55. The second-order valence-corrected chi connectivity index (χ2v) is 5.94. The molecular weight excluding hydrogens is 268 g/mol. The van der Waals surface area contributed by atoms with Gasteiger partial charge in [0.05, 0.1) is 17.2 Å². The maximum Gasteiger partial charge on any atom is 0.110 e. The summed E-state index contributed by atoms with van der Waals surface area (Å²) in [6, 6.07) is 0.320. The molecule has 0 aliphatic rings. The lowest BCUT2D eigenvalue weighted by Gasteiger charge is -2.18. The topological polar surface area (TPSA) is 42.7 Å². The van der Waals surface area contributed by atoms with E-state index in [1.165, 1.54) is 4.88 Å². The van der Waals surface area contributed by atoms with Crippen molar-refractivity contribution in [2.75, 3.05) is 6.54 Å². The Morgan fingerprint density at radius 2 is 2.15 bits per heavy atom. The van der Waals surface area contributed by atoms with E-state index in [-0.39, 0.29) is 0 Å². The van der Waals surface area contributed by atoms with Crippen LogP contribution in [-0.2, 0) is 13.0 Å². The standard InChI is InChI=1S/C15H24N4S/c1-4-6-16-13(15-12(3)18-11-20-15)10-14-17-7-9-19(14)8-5-2/h7,9,11,13,16H,4-6,8,10H2,1-3H3. The quantitative estimate of drug-likeness (QED) is 0.811. The van der Waals surface area contributed by atoms with Crippen LogP contribution >= 0.6 is 11.3 Å². The summed E-state index contributed by atoms with van der Waals surface area (Å²) in [7, 11) is 0. The summed E-state index contributed by atoms with van der Waals surface area (Å²) >= 11 is 1.74. The maximum absolute atomic E-state index is 4.53. The number of imidazole rings is 1. The Bertz CT molecular complexity index is 517. The lowest BCUT2D eigenvalue weighted by atomic mass is 10.1. The van der Waals surface area contributed by atoms with Gasteiger partial charge in [-0.3, -0.25) is 0 Å². The van der Waals surface area contributed by atoms with Gasteiger partial charge in [-0.05, 0) is 26.3 Å². The van der Waals surface area contributed by atoms with Crippen LogP contribution in [0.3, 0.4) is 0 Å². The molecule has 0 fully saturated rings. The Balaban J connectivity index is 2.15. The molecule has 0 spiro atoms. The molecule has 1 atom stereocenters. The number of nitrogens with one attached hydrogen (secondary N) is 1. The van der Waals surface area contributed by atoms with E-state index in [1.807, 2.05) is 11.7 Å². The van der Waals surface area contributed by atoms with Crippen LogP contribution in [0.2, 0.25) is 0 Å². The van der Waals surface area contributed by atoms with Gasteiger partial charge in [0.2, 0.25) is 0 Å². The van der Waals surface area contributed by atoms with Gasteiger partial charge < -0.3 is 9.88 Å². The highest BCUT2D eigenvalue weighted by atomic mass is 32.1. The molecule has 1 N–H and O–H groups in total. The Kier molecular flexibility index (Phi) is 5.73. The number of thiazole rings is 1. The minimum atomic E-state index is 0.320. The number of aromatic nitrogens is 3. The summed E-state index contributed by atoms with van der Waals surface area (Å²) < 4.78 is 2.26. The van der Waals surface area contributed by atoms with Crippen LogP contribution < -0.4 is 5.32 Å². The second-order valence-electron chi connectivity index (χ2n) is 5.05. The zero-order chi connectivity index (χ0) is 14.4. The molecule has 5 heteroatoms. The van der Waals surface area contributed by atoms with Crippen molar-refractivity contribution in [2.24, 2.45) is 0 Å². The van der Waals surface area contributed by atoms with Crippen LogP contribution in [0.15, 0.2) is 17.9 Å². The number of rotatable bonds is 8. The first-order chi connectivity index (χ1) is 9.76. The minimum absolute atomic E-state index is 0.320. The van der Waals surface area contributed by atoms with Crippen molar-refractivity contribution in [3.63, 3.8) is 0 Å². The molecule has 0 saturated carbocycles. The smallest absolute Gasteiger partial charge is 0.110 e. The first kappa shape index (κ1) is 15.2. The van der Waals surface area contributed by atoms with E-state index in [0.29, 0.717) is 6.04 Å². The normalized spacial score (nSPS) is 12.8. The van der Waals surface area contributed by atoms with E-state index < -0.39 is 0 Å². The van der Waals surface area contributed by atoms with Crippen LogP contribution in [0.1, 0.15) is 49.1 Å². The van der Waals surface area contributed by atoms with Crippen LogP contribution in [0, 0.1) is 6.92 Å². The summed E-state index contributed by atoms with van der Waals surface area (Å²) in [6.07, 6.45) is 7.18. The predicted octanol–water partition coefficient (Wildman–Crippen LogP) is 3.34. The molecule has 0 aliphatic heterocycles. The molecule has 1 unspecified atom stereocenters. The minimum Gasteiger partial charge on any atom is -0.335 e. The highest BCUT2D eigenvalue weighted by Crippen LogP contribution is 2.24. The fourth-order valence-electron chi connectivity index (χ4n) is 2.38. The predicted molar refractivity (Wildman–Crippen MR) is 84.1 cm³/mol. The van der Waals surface area contributed by atoms with Gasteiger partial charge >= 0.3 is 0 Å². The van der Waals surface area contributed by atoms with Crippen molar-refractivity contribution in [1.29, 1.82) is 0 Å². The van der Waals surface area contributed by atoms with Crippen molar-refractivity contribution in [3.8, 4) is 0 Å². The van der Waals surface area contributed by atoms with Crippen LogP contribution in [0.4, 0.5) is 0 Å². The third-order valence-corrected chi connectivity index (χ3v) is 4.44. The van der Waals surface area contributed by atoms with E-state index in [4.69, 9.17) is 0 Å². The van der Waals surface area contributed by atoms with Crippen LogP contribution in [0.5, 0.6) is 0 Å². The van der Waals surface area contributed by atoms with E-state index in [0.717, 1.165) is 43.9 Å². The van der Waals surface area contributed by atoms with Crippen molar-refractivity contribution in [3.05, 3.63) is 34.3 Å². The third kappa shape index (κ3) is 3.67. The molecular formula is C15H24N4S. The van der Waals surface area contributed by atoms with Gasteiger partial charge in [0, 0.05) is 30.2 Å². The largest absolute Gasteiger partial charge is 0.335 e. The average Bonchev–Trinajstić information content (AvgIpc) is 3.04. The lowest BCUT2D eigenvalue weighted by Crippen LogP contribution is -2.25. The van der Waals surface area contributed by atoms with Crippen molar-refractivity contribution < 1.29 is 0 Å². The monoisotopic (exact) mass is 292 g/mol. The average molecular weight is 292 g/mol. The molecule has 2 aromatic heterocycles. The fraction of sp³-hybridized carbons (Fsp3) is 0.600.